The van der Waals surface area contributed by atoms with Gasteiger partial charge in [-0.15, -0.1) is 0 Å². The number of hydrogen-bond donors (Lipinski definition) is 2. The van der Waals surface area contributed by atoms with Crippen LogP contribution in [0.5, 0.6) is 0 Å². The van der Waals surface area contributed by atoms with Gasteiger partial charge in [-0.1, -0.05) is 6.92 Å². The van der Waals surface area contributed by atoms with Crippen LogP contribution in [0.2, 0.25) is 0 Å². The van der Waals surface area contributed by atoms with Crippen LogP contribution in [-0.4, -0.2) is 36.9 Å². The molecule has 0 aliphatic carbocycles. The van der Waals surface area contributed by atoms with Crippen LogP contribution in [-0.2, 0) is 9.53 Å². The van der Waals surface area contributed by atoms with Gasteiger partial charge in [-0.3, -0.25) is 4.79 Å². The minimum atomic E-state index is -0.743. The fraction of sp³-hybridized carbons (Fsp3) is 0.900. The van der Waals surface area contributed by atoms with E-state index in [2.05, 4.69) is 12.2 Å². The third-order valence-corrected chi connectivity index (χ3v) is 2.67. The van der Waals surface area contributed by atoms with E-state index in [9.17, 15) is 4.79 Å². The number of carbonyl (C=O) groups is 1. The van der Waals surface area contributed by atoms with Crippen LogP contribution in [0.25, 0.3) is 0 Å². The molecule has 1 fully saturated rings. The standard InChI is InChI=1S/C10H19NO3/c1-2-9-8(4-6-14-9)7-11-5-3-10(12)13/h8-9,11H,2-7H2,1H3,(H,12,13). The van der Waals surface area contributed by atoms with E-state index >= 15 is 0 Å². The fourth-order valence-corrected chi connectivity index (χ4v) is 1.86. The molecule has 1 rings (SSSR count). The minimum Gasteiger partial charge on any atom is -0.481 e. The average molecular weight is 201 g/mol. The van der Waals surface area contributed by atoms with Crippen LogP contribution in [0.3, 0.4) is 0 Å². The van der Waals surface area contributed by atoms with E-state index in [4.69, 9.17) is 9.84 Å². The topological polar surface area (TPSA) is 58.6 Å². The Morgan fingerprint density at radius 1 is 1.64 bits per heavy atom. The SMILES string of the molecule is CCC1OCCC1CNCCC(=O)O. The van der Waals surface area contributed by atoms with Crippen molar-refractivity contribution in [1.29, 1.82) is 0 Å². The largest absolute Gasteiger partial charge is 0.481 e. The maximum absolute atomic E-state index is 10.3. The molecule has 4 heteroatoms. The molecular formula is C10H19NO3. The second-order valence-corrected chi connectivity index (χ2v) is 3.71. The fourth-order valence-electron chi connectivity index (χ4n) is 1.86. The number of aliphatic carboxylic acids is 1. The van der Waals surface area contributed by atoms with Gasteiger partial charge in [-0.05, 0) is 18.8 Å². The van der Waals surface area contributed by atoms with Gasteiger partial charge in [-0.25, -0.2) is 0 Å². The van der Waals surface area contributed by atoms with Crippen LogP contribution < -0.4 is 5.32 Å². The number of carboxylic acid groups (broad SMARTS) is 1. The van der Waals surface area contributed by atoms with Crippen molar-refractivity contribution in [1.82, 2.24) is 5.32 Å². The zero-order valence-corrected chi connectivity index (χ0v) is 8.66. The first kappa shape index (κ1) is 11.5. The quantitative estimate of drug-likeness (QED) is 0.626. The molecule has 0 bridgehead atoms. The maximum atomic E-state index is 10.3. The van der Waals surface area contributed by atoms with Crippen molar-refractivity contribution >= 4 is 5.97 Å². The number of carboxylic acids is 1. The normalized spacial score (nSPS) is 26.6. The predicted octanol–water partition coefficient (Wildman–Crippen LogP) is 0.866. The monoisotopic (exact) mass is 201 g/mol. The number of hydrogen-bond acceptors (Lipinski definition) is 3. The summed E-state index contributed by atoms with van der Waals surface area (Å²) in [5.74, 6) is -0.180. The molecule has 1 heterocycles. The highest BCUT2D eigenvalue weighted by atomic mass is 16.5. The van der Waals surface area contributed by atoms with Crippen molar-refractivity contribution in [3.8, 4) is 0 Å². The van der Waals surface area contributed by atoms with Crippen LogP contribution >= 0.6 is 0 Å². The molecule has 2 N–H and O–H groups in total. The molecule has 2 unspecified atom stereocenters. The van der Waals surface area contributed by atoms with Crippen LogP contribution in [0.1, 0.15) is 26.2 Å². The third kappa shape index (κ3) is 3.64. The molecule has 1 aliphatic heterocycles. The summed E-state index contributed by atoms with van der Waals surface area (Å²) < 4.78 is 5.54. The molecule has 0 aromatic rings. The lowest BCUT2D eigenvalue weighted by Crippen LogP contribution is -2.29. The Balaban J connectivity index is 2.08. The Morgan fingerprint density at radius 2 is 2.43 bits per heavy atom. The van der Waals surface area contributed by atoms with E-state index in [-0.39, 0.29) is 6.42 Å². The van der Waals surface area contributed by atoms with Gasteiger partial charge < -0.3 is 15.2 Å². The van der Waals surface area contributed by atoms with Crippen molar-refractivity contribution < 1.29 is 14.6 Å². The Kier molecular flexibility index (Phi) is 4.90. The van der Waals surface area contributed by atoms with Gasteiger partial charge in [-0.2, -0.15) is 0 Å². The molecule has 0 aromatic carbocycles. The van der Waals surface area contributed by atoms with Crippen LogP contribution in [0.4, 0.5) is 0 Å². The molecule has 0 amide bonds. The van der Waals surface area contributed by atoms with Gasteiger partial charge in [0.25, 0.3) is 0 Å². The van der Waals surface area contributed by atoms with E-state index < -0.39 is 5.97 Å². The molecule has 0 saturated carbocycles. The molecule has 1 saturated heterocycles. The van der Waals surface area contributed by atoms with E-state index in [0.29, 0.717) is 18.6 Å². The third-order valence-electron chi connectivity index (χ3n) is 2.67. The Morgan fingerprint density at radius 3 is 3.07 bits per heavy atom. The summed E-state index contributed by atoms with van der Waals surface area (Å²) in [6, 6.07) is 0. The molecule has 0 radical (unpaired) electrons. The number of rotatable bonds is 6. The molecule has 0 aromatic heterocycles. The van der Waals surface area contributed by atoms with E-state index in [0.717, 1.165) is 26.0 Å². The van der Waals surface area contributed by atoms with E-state index in [1.807, 2.05) is 0 Å². The summed E-state index contributed by atoms with van der Waals surface area (Å²) >= 11 is 0. The van der Waals surface area contributed by atoms with Crippen LogP contribution in [0, 0.1) is 5.92 Å². The molecule has 14 heavy (non-hydrogen) atoms. The zero-order chi connectivity index (χ0) is 10.4. The lowest BCUT2D eigenvalue weighted by molar-refractivity contribution is -0.136. The Bertz CT molecular complexity index is 184. The van der Waals surface area contributed by atoms with Gasteiger partial charge >= 0.3 is 5.97 Å². The molecule has 82 valence electrons. The van der Waals surface area contributed by atoms with E-state index in [1.54, 1.807) is 0 Å². The lowest BCUT2D eigenvalue weighted by Gasteiger charge is -2.16. The first-order chi connectivity index (χ1) is 6.74. The van der Waals surface area contributed by atoms with Gasteiger partial charge in [0.2, 0.25) is 0 Å². The maximum Gasteiger partial charge on any atom is 0.304 e. The predicted molar refractivity (Wildman–Crippen MR) is 53.3 cm³/mol. The highest BCUT2D eigenvalue weighted by Crippen LogP contribution is 2.22. The summed E-state index contributed by atoms with van der Waals surface area (Å²) in [4.78, 5) is 10.3. The van der Waals surface area contributed by atoms with Crippen molar-refractivity contribution in [2.45, 2.75) is 32.3 Å². The first-order valence-corrected chi connectivity index (χ1v) is 5.28. The zero-order valence-electron chi connectivity index (χ0n) is 8.66. The first-order valence-electron chi connectivity index (χ1n) is 5.28. The highest BCUT2D eigenvalue weighted by molar-refractivity contribution is 5.66. The van der Waals surface area contributed by atoms with Crippen LogP contribution in [0.15, 0.2) is 0 Å². The summed E-state index contributed by atoms with van der Waals surface area (Å²) in [5.41, 5.74) is 0. The molecule has 2 atom stereocenters. The summed E-state index contributed by atoms with van der Waals surface area (Å²) in [7, 11) is 0. The Hall–Kier alpha value is -0.610. The second-order valence-electron chi connectivity index (χ2n) is 3.71. The van der Waals surface area contributed by atoms with Gasteiger partial charge in [0, 0.05) is 19.7 Å². The van der Waals surface area contributed by atoms with Crippen molar-refractivity contribution in [2.75, 3.05) is 19.7 Å². The van der Waals surface area contributed by atoms with Gasteiger partial charge in [0.1, 0.15) is 0 Å². The molecule has 0 spiro atoms. The molecule has 4 nitrogen and oxygen atoms in total. The average Bonchev–Trinajstić information content (AvgIpc) is 2.59. The smallest absolute Gasteiger partial charge is 0.304 e. The summed E-state index contributed by atoms with van der Waals surface area (Å²) in [5, 5.41) is 11.6. The Labute approximate surface area is 84.6 Å². The second kappa shape index (κ2) is 5.98. The molecule has 1 aliphatic rings. The van der Waals surface area contributed by atoms with Gasteiger partial charge in [0.05, 0.1) is 12.5 Å². The highest BCUT2D eigenvalue weighted by Gasteiger charge is 2.25. The van der Waals surface area contributed by atoms with Crippen molar-refractivity contribution in [3.05, 3.63) is 0 Å². The van der Waals surface area contributed by atoms with Crippen molar-refractivity contribution in [3.63, 3.8) is 0 Å². The summed E-state index contributed by atoms with van der Waals surface area (Å²) in [6.07, 6.45) is 2.71. The van der Waals surface area contributed by atoms with E-state index in [1.165, 1.54) is 0 Å². The molecular weight excluding hydrogens is 182 g/mol. The van der Waals surface area contributed by atoms with Crippen molar-refractivity contribution in [2.24, 2.45) is 5.92 Å². The number of nitrogens with one attached hydrogen (secondary N) is 1. The van der Waals surface area contributed by atoms with Gasteiger partial charge in [0.15, 0.2) is 0 Å². The summed E-state index contributed by atoms with van der Waals surface area (Å²) in [6.45, 7) is 4.41. The number of ether oxygens (including phenoxy) is 1. The minimum absolute atomic E-state index is 0.199. The lowest BCUT2D eigenvalue weighted by atomic mass is 10.00.